The van der Waals surface area contributed by atoms with Crippen molar-refractivity contribution in [2.75, 3.05) is 0 Å². The maximum absolute atomic E-state index is 13.7. The lowest BCUT2D eigenvalue weighted by atomic mass is 9.90. The molecule has 0 aliphatic carbocycles. The van der Waals surface area contributed by atoms with Gasteiger partial charge < -0.3 is 0 Å². The number of rotatable bonds is 2. The quantitative estimate of drug-likeness (QED) is 0.227. The molecule has 0 amide bonds. The van der Waals surface area contributed by atoms with Crippen molar-refractivity contribution in [2.24, 2.45) is 0 Å². The van der Waals surface area contributed by atoms with Crippen molar-refractivity contribution in [2.45, 2.75) is 0 Å². The van der Waals surface area contributed by atoms with Crippen LogP contribution < -0.4 is 0 Å². The molecule has 32 heavy (non-hydrogen) atoms. The average molecular weight is 478 g/mol. The fraction of sp³-hybridized carbons (Fsp3) is 0. The predicted molar refractivity (Wildman–Crippen MR) is 135 cm³/mol. The first-order chi connectivity index (χ1) is 15.7. The van der Waals surface area contributed by atoms with Gasteiger partial charge in [-0.2, -0.15) is 0 Å². The summed E-state index contributed by atoms with van der Waals surface area (Å²) in [4.78, 5) is 5.03. The fourth-order valence-electron chi connectivity index (χ4n) is 4.54. The third kappa shape index (κ3) is 3.09. The minimum atomic E-state index is -0.251. The maximum Gasteiger partial charge on any atom is 0.123 e. The predicted octanol–water partition coefficient (Wildman–Crippen LogP) is 8.78. The lowest BCUT2D eigenvalue weighted by Gasteiger charge is -2.16. The molecule has 0 saturated carbocycles. The van der Waals surface area contributed by atoms with Gasteiger partial charge in [0, 0.05) is 26.2 Å². The van der Waals surface area contributed by atoms with Crippen molar-refractivity contribution in [1.29, 1.82) is 0 Å². The van der Waals surface area contributed by atoms with E-state index in [-0.39, 0.29) is 5.82 Å². The second-order valence-electron chi connectivity index (χ2n) is 7.89. The smallest absolute Gasteiger partial charge is 0.123 e. The summed E-state index contributed by atoms with van der Waals surface area (Å²) < 4.78 is 14.7. The number of para-hydroxylation sites is 1. The number of hydrogen-bond donors (Lipinski definition) is 0. The monoisotopic (exact) mass is 477 g/mol. The number of benzene rings is 5. The molecule has 1 aromatic heterocycles. The zero-order valence-corrected chi connectivity index (χ0v) is 18.6. The fourth-order valence-corrected chi connectivity index (χ4v) is 4.94. The van der Waals surface area contributed by atoms with Crippen LogP contribution in [0.1, 0.15) is 0 Å². The van der Waals surface area contributed by atoms with Crippen LogP contribution in [0.4, 0.5) is 4.39 Å². The van der Waals surface area contributed by atoms with Crippen molar-refractivity contribution in [3.8, 4) is 22.4 Å². The zero-order valence-electron chi connectivity index (χ0n) is 17.0. The first kappa shape index (κ1) is 19.1. The number of aromatic nitrogens is 1. The Hall–Kier alpha value is -3.56. The minimum absolute atomic E-state index is 0.251. The Morgan fingerprint density at radius 2 is 1.31 bits per heavy atom. The Balaban J connectivity index is 1.83. The summed E-state index contributed by atoms with van der Waals surface area (Å²) in [6.07, 6.45) is 0. The highest BCUT2D eigenvalue weighted by molar-refractivity contribution is 9.10. The summed E-state index contributed by atoms with van der Waals surface area (Å²) in [6, 6.07) is 33.9. The molecule has 0 N–H and O–H groups in total. The van der Waals surface area contributed by atoms with E-state index in [0.29, 0.717) is 0 Å². The third-order valence-corrected chi connectivity index (χ3v) is 6.45. The Morgan fingerprint density at radius 3 is 2.09 bits per heavy atom. The summed E-state index contributed by atoms with van der Waals surface area (Å²) in [5, 5.41) is 5.72. The molecule has 3 heteroatoms. The molecule has 1 heterocycles. The molecule has 0 saturated heterocycles. The van der Waals surface area contributed by atoms with Crippen molar-refractivity contribution >= 4 is 48.4 Å². The van der Waals surface area contributed by atoms with Gasteiger partial charge in [0.05, 0.1) is 11.2 Å². The highest BCUT2D eigenvalue weighted by atomic mass is 79.9. The van der Waals surface area contributed by atoms with Crippen molar-refractivity contribution in [3.05, 3.63) is 113 Å². The van der Waals surface area contributed by atoms with Gasteiger partial charge in [0.25, 0.3) is 0 Å². The molecular formula is C29H17BrFN. The standard InChI is InChI=1S/C29H17BrFN/c30-20-7-5-6-19(16-20)25-17-26-28(23-9-2-1-8-22(23)25)24-10-3-4-11-27(24)32-29(26)18-12-14-21(31)15-13-18/h1-17H. The molecule has 0 spiro atoms. The van der Waals surface area contributed by atoms with Gasteiger partial charge in [-0.1, -0.05) is 70.5 Å². The van der Waals surface area contributed by atoms with Gasteiger partial charge in [-0.3, -0.25) is 0 Å². The van der Waals surface area contributed by atoms with Crippen LogP contribution >= 0.6 is 15.9 Å². The van der Waals surface area contributed by atoms with E-state index in [2.05, 4.69) is 76.6 Å². The average Bonchev–Trinajstić information content (AvgIpc) is 2.83. The first-order valence-electron chi connectivity index (χ1n) is 10.4. The molecule has 0 aliphatic rings. The molecule has 152 valence electrons. The lowest BCUT2D eigenvalue weighted by Crippen LogP contribution is -1.93. The number of fused-ring (bicyclic) bond motifs is 5. The molecule has 0 fully saturated rings. The summed E-state index contributed by atoms with van der Waals surface area (Å²) in [7, 11) is 0. The summed E-state index contributed by atoms with van der Waals surface area (Å²) in [5.41, 5.74) is 4.98. The van der Waals surface area contributed by atoms with Crippen LogP contribution in [-0.4, -0.2) is 4.98 Å². The van der Waals surface area contributed by atoms with Gasteiger partial charge in [-0.15, -0.1) is 0 Å². The van der Waals surface area contributed by atoms with Crippen molar-refractivity contribution < 1.29 is 4.39 Å². The van der Waals surface area contributed by atoms with Crippen LogP contribution in [-0.2, 0) is 0 Å². The van der Waals surface area contributed by atoms with Crippen molar-refractivity contribution in [1.82, 2.24) is 4.98 Å². The lowest BCUT2D eigenvalue weighted by molar-refractivity contribution is 0.628. The normalized spacial score (nSPS) is 11.4. The van der Waals surface area contributed by atoms with E-state index in [1.165, 1.54) is 28.3 Å². The number of nitrogens with zero attached hydrogens (tertiary/aromatic N) is 1. The van der Waals surface area contributed by atoms with Crippen molar-refractivity contribution in [3.63, 3.8) is 0 Å². The van der Waals surface area contributed by atoms with E-state index < -0.39 is 0 Å². The maximum atomic E-state index is 13.7. The van der Waals surface area contributed by atoms with Gasteiger partial charge in [0.15, 0.2) is 0 Å². The van der Waals surface area contributed by atoms with E-state index in [1.807, 2.05) is 18.2 Å². The molecule has 0 radical (unpaired) electrons. The molecule has 6 rings (SSSR count). The molecule has 0 unspecified atom stereocenters. The SMILES string of the molecule is Fc1ccc(-c2nc3ccccc3c3c2cc(-c2cccc(Br)c2)c2ccccc23)cc1. The molecule has 5 aromatic carbocycles. The van der Waals surface area contributed by atoms with Crippen LogP contribution in [0, 0.1) is 5.82 Å². The number of pyridine rings is 1. The molecule has 6 aromatic rings. The second-order valence-corrected chi connectivity index (χ2v) is 8.80. The van der Waals surface area contributed by atoms with Crippen LogP contribution in [0.15, 0.2) is 108 Å². The summed E-state index contributed by atoms with van der Waals surface area (Å²) >= 11 is 3.62. The van der Waals surface area contributed by atoms with Crippen LogP contribution in [0.5, 0.6) is 0 Å². The number of halogens is 2. The van der Waals surface area contributed by atoms with Gasteiger partial charge in [0.1, 0.15) is 5.82 Å². The van der Waals surface area contributed by atoms with E-state index in [1.54, 1.807) is 12.1 Å². The topological polar surface area (TPSA) is 12.9 Å². The Bertz CT molecular complexity index is 1640. The zero-order chi connectivity index (χ0) is 21.7. The first-order valence-corrected chi connectivity index (χ1v) is 11.2. The van der Waals surface area contributed by atoms with Crippen LogP contribution in [0.2, 0.25) is 0 Å². The summed E-state index contributed by atoms with van der Waals surface area (Å²) in [6.45, 7) is 0. The Kier molecular flexibility index (Phi) is 4.51. The second kappa shape index (κ2) is 7.54. The minimum Gasteiger partial charge on any atom is -0.247 e. The van der Waals surface area contributed by atoms with Crippen LogP contribution in [0.25, 0.3) is 54.8 Å². The third-order valence-electron chi connectivity index (χ3n) is 5.96. The molecule has 0 aliphatic heterocycles. The molecule has 0 atom stereocenters. The molecule has 0 bridgehead atoms. The van der Waals surface area contributed by atoms with Crippen LogP contribution in [0.3, 0.4) is 0 Å². The van der Waals surface area contributed by atoms with E-state index in [4.69, 9.17) is 4.98 Å². The van der Waals surface area contributed by atoms with Gasteiger partial charge in [0.2, 0.25) is 0 Å². The highest BCUT2D eigenvalue weighted by Gasteiger charge is 2.16. The van der Waals surface area contributed by atoms with E-state index in [9.17, 15) is 4.39 Å². The van der Waals surface area contributed by atoms with E-state index in [0.717, 1.165) is 43.1 Å². The summed E-state index contributed by atoms with van der Waals surface area (Å²) in [5.74, 6) is -0.251. The molecule has 1 nitrogen and oxygen atoms in total. The van der Waals surface area contributed by atoms with Gasteiger partial charge in [-0.25, -0.2) is 9.37 Å². The van der Waals surface area contributed by atoms with E-state index >= 15 is 0 Å². The molecular weight excluding hydrogens is 461 g/mol. The van der Waals surface area contributed by atoms with Gasteiger partial charge in [-0.05, 0) is 70.4 Å². The van der Waals surface area contributed by atoms with Gasteiger partial charge >= 0.3 is 0 Å². The largest absolute Gasteiger partial charge is 0.247 e. The Labute approximate surface area is 193 Å². The Morgan fingerprint density at radius 1 is 0.594 bits per heavy atom. The number of hydrogen-bond acceptors (Lipinski definition) is 1. The highest BCUT2D eigenvalue weighted by Crippen LogP contribution is 2.41.